The summed E-state index contributed by atoms with van der Waals surface area (Å²) in [7, 11) is 6.80. The molecular weight excluding hydrogens is 562 g/mol. The quantitative estimate of drug-likeness (QED) is 0.371. The normalized spacial score (nSPS) is 16.8. The van der Waals surface area contributed by atoms with Crippen LogP contribution in [0.25, 0.3) is 0 Å². The van der Waals surface area contributed by atoms with Crippen LogP contribution in [0, 0.1) is 11.3 Å². The molecule has 0 bridgehead atoms. The number of amides is 3. The minimum atomic E-state index is -1.04. The topological polar surface area (TPSA) is 156 Å². The van der Waals surface area contributed by atoms with Gasteiger partial charge in [0, 0.05) is 45.9 Å². The van der Waals surface area contributed by atoms with Crippen molar-refractivity contribution in [1.29, 1.82) is 5.26 Å². The Labute approximate surface area is 255 Å². The van der Waals surface area contributed by atoms with Crippen LogP contribution in [0.15, 0.2) is 45.7 Å². The van der Waals surface area contributed by atoms with Crippen LogP contribution in [0.5, 0.6) is 0 Å². The fourth-order valence-electron chi connectivity index (χ4n) is 6.46. The molecule has 1 atom stereocenters. The van der Waals surface area contributed by atoms with Crippen molar-refractivity contribution in [2.75, 3.05) is 47.8 Å². The number of nitrogens with zero attached hydrogens (tertiary/aromatic N) is 5. The number of carbonyl (C=O) groups excluding carboxylic acids is 3. The number of benzene rings is 2. The summed E-state index contributed by atoms with van der Waals surface area (Å²) < 4.78 is 5.04. The number of nitrogens with one attached hydrogen (secondary N) is 2. The van der Waals surface area contributed by atoms with Gasteiger partial charge in [0.1, 0.15) is 6.04 Å². The van der Waals surface area contributed by atoms with Crippen LogP contribution in [-0.4, -0.2) is 96.4 Å². The predicted octanol–water partition coefficient (Wildman–Crippen LogP) is 1.69. The van der Waals surface area contributed by atoms with Crippen molar-refractivity contribution in [2.45, 2.75) is 43.6 Å². The molecule has 0 radical (unpaired) electrons. The third-order valence-corrected chi connectivity index (χ3v) is 8.62. The first-order chi connectivity index (χ1) is 21.1. The first-order valence-electron chi connectivity index (χ1n) is 14.7. The van der Waals surface area contributed by atoms with Crippen LogP contribution >= 0.6 is 0 Å². The van der Waals surface area contributed by atoms with E-state index in [1.807, 2.05) is 24.3 Å². The Balaban J connectivity index is 1.60. The zero-order valence-electron chi connectivity index (χ0n) is 25.5. The molecule has 0 saturated carbocycles. The van der Waals surface area contributed by atoms with E-state index >= 15 is 0 Å². The van der Waals surface area contributed by atoms with Crippen LogP contribution in [0.3, 0.4) is 0 Å². The molecule has 1 aromatic heterocycles. The van der Waals surface area contributed by atoms with Gasteiger partial charge in [-0.2, -0.15) is 5.26 Å². The molecule has 1 fully saturated rings. The molecule has 1 saturated heterocycles. The predicted molar refractivity (Wildman–Crippen MR) is 161 cm³/mol. The van der Waals surface area contributed by atoms with Gasteiger partial charge >= 0.3 is 5.76 Å². The summed E-state index contributed by atoms with van der Waals surface area (Å²) in [5.41, 5.74) is 3.54. The highest BCUT2D eigenvalue weighted by atomic mass is 16.5. The third kappa shape index (κ3) is 5.63. The van der Waals surface area contributed by atoms with Gasteiger partial charge in [0.15, 0.2) is 5.82 Å². The Morgan fingerprint density at radius 3 is 2.14 bits per heavy atom. The molecular formula is C32H37N7O5. The SMILES string of the molecule is CN(C)C(=O)c1ccc2c(c1)CCc1cc(C(=O)N(C)C)ccc1C2(CCNCC(=O)N1CCCC1C#N)c1noc(=O)[nH]1. The Hall–Kier alpha value is -4.76. The molecule has 5 rings (SSSR count). The number of fused-ring (bicyclic) bond motifs is 2. The highest BCUT2D eigenvalue weighted by molar-refractivity contribution is 5.95. The average molecular weight is 600 g/mol. The van der Waals surface area contributed by atoms with Crippen molar-refractivity contribution >= 4 is 17.7 Å². The lowest BCUT2D eigenvalue weighted by Gasteiger charge is -2.35. The van der Waals surface area contributed by atoms with Crippen LogP contribution in [-0.2, 0) is 23.1 Å². The summed E-state index contributed by atoms with van der Waals surface area (Å²) in [5, 5.41) is 16.9. The zero-order valence-corrected chi connectivity index (χ0v) is 25.5. The Morgan fingerprint density at radius 1 is 1.05 bits per heavy atom. The van der Waals surface area contributed by atoms with Crippen LogP contribution in [0.2, 0.25) is 0 Å². The number of hydrogen-bond acceptors (Lipinski definition) is 8. The standard InChI is InChI=1S/C32H37N7O5/c1-37(2)28(41)22-9-11-25-20(16-22)7-8-21-17-23(29(42)38(3)4)10-12-26(21)32(25,30-35-31(43)44-36-30)13-14-34-19-27(40)39-15-5-6-24(39)18-33/h9-12,16-17,24,34H,5-8,13-15,19H2,1-4H3,(H,35,36,43). The molecule has 44 heavy (non-hydrogen) atoms. The van der Waals surface area contributed by atoms with Crippen LogP contribution < -0.4 is 11.1 Å². The maximum Gasteiger partial charge on any atom is 0.438 e. The van der Waals surface area contributed by atoms with Crippen molar-refractivity contribution < 1.29 is 18.9 Å². The Bertz CT molecular complexity index is 1610. The van der Waals surface area contributed by atoms with E-state index in [1.165, 1.54) is 9.80 Å². The maximum absolute atomic E-state index is 12.9. The third-order valence-electron chi connectivity index (χ3n) is 8.62. The van der Waals surface area contributed by atoms with E-state index in [0.29, 0.717) is 55.7 Å². The van der Waals surface area contributed by atoms with Crippen molar-refractivity contribution in [2.24, 2.45) is 0 Å². The van der Waals surface area contributed by atoms with E-state index in [4.69, 9.17) is 4.52 Å². The second kappa shape index (κ2) is 12.5. The monoisotopic (exact) mass is 599 g/mol. The van der Waals surface area contributed by atoms with E-state index in [0.717, 1.165) is 28.7 Å². The number of likely N-dealkylation sites (tertiary alicyclic amines) is 1. The molecule has 12 heteroatoms. The van der Waals surface area contributed by atoms with Crippen LogP contribution in [0.1, 0.15) is 68.1 Å². The van der Waals surface area contributed by atoms with Gasteiger partial charge in [-0.1, -0.05) is 17.3 Å². The number of carbonyl (C=O) groups is 3. The van der Waals surface area contributed by atoms with Gasteiger partial charge in [0.2, 0.25) is 5.91 Å². The maximum atomic E-state index is 12.9. The second-order valence-electron chi connectivity index (χ2n) is 11.8. The average Bonchev–Trinajstić information content (AvgIpc) is 3.66. The summed E-state index contributed by atoms with van der Waals surface area (Å²) in [6, 6.07) is 12.9. The van der Waals surface area contributed by atoms with Gasteiger partial charge in [-0.15, -0.1) is 0 Å². The van der Waals surface area contributed by atoms with Gasteiger partial charge in [0.05, 0.1) is 18.0 Å². The van der Waals surface area contributed by atoms with Gasteiger partial charge in [-0.3, -0.25) is 23.9 Å². The number of aromatic amines is 1. The van der Waals surface area contributed by atoms with Gasteiger partial charge in [-0.25, -0.2) is 4.79 Å². The largest absolute Gasteiger partial charge is 0.438 e. The summed E-state index contributed by atoms with van der Waals surface area (Å²) >= 11 is 0. The lowest BCUT2D eigenvalue weighted by Crippen LogP contribution is -2.42. The van der Waals surface area contributed by atoms with Crippen molar-refractivity contribution in [3.63, 3.8) is 0 Å². The molecule has 2 heterocycles. The number of aromatic nitrogens is 2. The highest BCUT2D eigenvalue weighted by Crippen LogP contribution is 2.46. The molecule has 12 nitrogen and oxygen atoms in total. The Morgan fingerprint density at radius 2 is 1.64 bits per heavy atom. The molecule has 2 aromatic carbocycles. The van der Waals surface area contributed by atoms with Gasteiger partial charge in [0.25, 0.3) is 11.8 Å². The minimum Gasteiger partial charge on any atom is -0.345 e. The fraction of sp³-hybridized carbons (Fsp3) is 0.438. The number of rotatable bonds is 8. The molecule has 1 unspecified atom stereocenters. The first-order valence-corrected chi connectivity index (χ1v) is 14.7. The number of aryl methyl sites for hydroxylation is 2. The molecule has 1 aliphatic heterocycles. The number of hydrogen-bond donors (Lipinski definition) is 2. The van der Waals surface area contributed by atoms with Crippen molar-refractivity contribution in [3.8, 4) is 6.07 Å². The van der Waals surface area contributed by atoms with E-state index in [9.17, 15) is 24.4 Å². The molecule has 2 aliphatic rings. The summed E-state index contributed by atoms with van der Waals surface area (Å²) in [4.78, 5) is 58.6. The minimum absolute atomic E-state index is 0.0514. The zero-order chi connectivity index (χ0) is 31.6. The molecule has 3 aromatic rings. The lowest BCUT2D eigenvalue weighted by molar-refractivity contribution is -0.130. The van der Waals surface area contributed by atoms with Gasteiger partial charge in [-0.05, 0) is 85.2 Å². The second-order valence-corrected chi connectivity index (χ2v) is 11.8. The van der Waals surface area contributed by atoms with Gasteiger partial charge < -0.3 is 20.0 Å². The molecule has 0 spiro atoms. The summed E-state index contributed by atoms with van der Waals surface area (Å²) in [6.45, 7) is 0.961. The van der Waals surface area contributed by atoms with E-state index in [2.05, 4.69) is 21.5 Å². The number of H-pyrrole nitrogens is 1. The molecule has 2 N–H and O–H groups in total. The lowest BCUT2D eigenvalue weighted by atomic mass is 9.69. The molecule has 230 valence electrons. The molecule has 3 amide bonds. The summed E-state index contributed by atoms with van der Waals surface area (Å²) in [5.74, 6) is -0.815. The highest BCUT2D eigenvalue weighted by Gasteiger charge is 2.44. The molecule has 1 aliphatic carbocycles. The van der Waals surface area contributed by atoms with Crippen molar-refractivity contribution in [3.05, 3.63) is 86.2 Å². The Kier molecular flexibility index (Phi) is 8.69. The van der Waals surface area contributed by atoms with Crippen LogP contribution in [0.4, 0.5) is 0 Å². The summed E-state index contributed by atoms with van der Waals surface area (Å²) in [6.07, 6.45) is 3.01. The van der Waals surface area contributed by atoms with E-state index < -0.39 is 17.2 Å². The first kappa shape index (κ1) is 30.7. The smallest absolute Gasteiger partial charge is 0.345 e. The van der Waals surface area contributed by atoms with Crippen molar-refractivity contribution in [1.82, 2.24) is 30.2 Å². The van der Waals surface area contributed by atoms with E-state index in [1.54, 1.807) is 45.2 Å². The fourth-order valence-corrected chi connectivity index (χ4v) is 6.46. The van der Waals surface area contributed by atoms with E-state index in [-0.39, 0.29) is 24.3 Å². The number of nitriles is 1.